The molecule has 2 N–H and O–H groups in total. The molecule has 0 fully saturated rings. The van der Waals surface area contributed by atoms with Crippen molar-refractivity contribution in [1.29, 1.82) is 0 Å². The van der Waals surface area contributed by atoms with E-state index >= 15 is 0 Å². The molecule has 62 valence electrons. The molecular weight excluding hydrogens is 166 g/mol. The SMILES string of the molecule is CSSCCNC[C@@H](C)O. The standard InChI is InChI=1S/C6H15NOS2/c1-6(8)5-7-3-4-10-9-2/h6-8H,3-5H2,1-2H3/t6-/m1/s1. The van der Waals surface area contributed by atoms with E-state index in [2.05, 4.69) is 11.6 Å². The second-order valence-electron chi connectivity index (χ2n) is 2.04. The van der Waals surface area contributed by atoms with Gasteiger partial charge in [0, 0.05) is 18.8 Å². The maximum Gasteiger partial charge on any atom is 0.0636 e. The molecule has 2 nitrogen and oxygen atoms in total. The molecule has 0 aromatic heterocycles. The predicted molar refractivity (Wildman–Crippen MR) is 50.5 cm³/mol. The first-order valence-corrected chi connectivity index (χ1v) is 6.04. The van der Waals surface area contributed by atoms with Gasteiger partial charge >= 0.3 is 0 Å². The second kappa shape index (κ2) is 7.72. The van der Waals surface area contributed by atoms with Gasteiger partial charge in [0.1, 0.15) is 0 Å². The smallest absolute Gasteiger partial charge is 0.0636 e. The van der Waals surface area contributed by atoms with Crippen molar-refractivity contribution in [2.45, 2.75) is 13.0 Å². The highest BCUT2D eigenvalue weighted by Crippen LogP contribution is 2.14. The fourth-order valence-electron chi connectivity index (χ4n) is 0.508. The Morgan fingerprint density at radius 1 is 1.60 bits per heavy atom. The fraction of sp³-hybridized carbons (Fsp3) is 1.00. The summed E-state index contributed by atoms with van der Waals surface area (Å²) in [7, 11) is 3.61. The van der Waals surface area contributed by atoms with E-state index < -0.39 is 0 Å². The average Bonchev–Trinajstić information content (AvgIpc) is 1.87. The van der Waals surface area contributed by atoms with Gasteiger partial charge in [-0.15, -0.1) is 0 Å². The van der Waals surface area contributed by atoms with Crippen LogP contribution in [0.3, 0.4) is 0 Å². The molecule has 0 aliphatic heterocycles. The Hall–Kier alpha value is 0.620. The fourth-order valence-corrected chi connectivity index (χ4v) is 1.65. The van der Waals surface area contributed by atoms with E-state index in [9.17, 15) is 0 Å². The summed E-state index contributed by atoms with van der Waals surface area (Å²) in [6.07, 6.45) is 1.85. The molecule has 0 rings (SSSR count). The van der Waals surface area contributed by atoms with Crippen molar-refractivity contribution in [2.24, 2.45) is 0 Å². The number of aliphatic hydroxyl groups excluding tert-OH is 1. The van der Waals surface area contributed by atoms with E-state index in [1.165, 1.54) is 0 Å². The van der Waals surface area contributed by atoms with Crippen molar-refractivity contribution in [3.05, 3.63) is 0 Å². The minimum atomic E-state index is -0.223. The predicted octanol–water partition coefficient (Wildman–Crippen LogP) is 0.968. The molecule has 0 unspecified atom stereocenters. The molecule has 0 heterocycles. The first kappa shape index (κ1) is 10.6. The molecule has 0 amide bonds. The highest BCUT2D eigenvalue weighted by atomic mass is 33.1. The molecule has 1 atom stereocenters. The molecule has 0 bridgehead atoms. The van der Waals surface area contributed by atoms with Crippen LogP contribution in [0.2, 0.25) is 0 Å². The van der Waals surface area contributed by atoms with E-state index in [4.69, 9.17) is 5.11 Å². The molecule has 0 aliphatic carbocycles. The van der Waals surface area contributed by atoms with Crippen molar-refractivity contribution in [3.63, 3.8) is 0 Å². The number of nitrogens with one attached hydrogen (secondary N) is 1. The maximum atomic E-state index is 8.83. The van der Waals surface area contributed by atoms with Gasteiger partial charge in [-0.3, -0.25) is 0 Å². The second-order valence-corrected chi connectivity index (χ2v) is 4.73. The van der Waals surface area contributed by atoms with Crippen molar-refractivity contribution in [1.82, 2.24) is 5.32 Å². The monoisotopic (exact) mass is 181 g/mol. The molecular formula is C6H15NOS2. The largest absolute Gasteiger partial charge is 0.392 e. The third kappa shape index (κ3) is 8.62. The van der Waals surface area contributed by atoms with Gasteiger partial charge in [0.25, 0.3) is 0 Å². The summed E-state index contributed by atoms with van der Waals surface area (Å²) < 4.78 is 0. The Balaban J connectivity index is 2.77. The third-order valence-electron chi connectivity index (χ3n) is 0.920. The molecule has 0 saturated heterocycles. The summed E-state index contributed by atoms with van der Waals surface area (Å²) in [5.41, 5.74) is 0. The molecule has 0 aromatic rings. The van der Waals surface area contributed by atoms with Crippen LogP contribution in [-0.4, -0.2) is 36.3 Å². The Kier molecular flexibility index (Phi) is 8.20. The molecule has 0 saturated carbocycles. The van der Waals surface area contributed by atoms with Crippen molar-refractivity contribution in [2.75, 3.05) is 25.1 Å². The van der Waals surface area contributed by atoms with Crippen LogP contribution < -0.4 is 5.32 Å². The summed E-state index contributed by atoms with van der Waals surface area (Å²) in [6, 6.07) is 0. The summed E-state index contributed by atoms with van der Waals surface area (Å²) >= 11 is 0. The van der Waals surface area contributed by atoms with Crippen LogP contribution in [0, 0.1) is 0 Å². The van der Waals surface area contributed by atoms with E-state index in [0.717, 1.165) is 12.3 Å². The third-order valence-corrected chi connectivity index (χ3v) is 2.73. The van der Waals surface area contributed by atoms with Gasteiger partial charge in [0.2, 0.25) is 0 Å². The zero-order chi connectivity index (χ0) is 7.82. The Bertz CT molecular complexity index is 70.8. The quantitative estimate of drug-likeness (QED) is 0.472. The van der Waals surface area contributed by atoms with Gasteiger partial charge in [0.15, 0.2) is 0 Å². The van der Waals surface area contributed by atoms with Crippen molar-refractivity contribution < 1.29 is 5.11 Å². The normalized spacial score (nSPS) is 13.5. The van der Waals surface area contributed by atoms with E-state index in [-0.39, 0.29) is 6.10 Å². The van der Waals surface area contributed by atoms with Crippen LogP contribution in [0.5, 0.6) is 0 Å². The summed E-state index contributed by atoms with van der Waals surface area (Å²) in [4.78, 5) is 0. The van der Waals surface area contributed by atoms with Gasteiger partial charge in [0.05, 0.1) is 6.10 Å². The van der Waals surface area contributed by atoms with E-state index in [1.807, 2.05) is 10.8 Å². The summed E-state index contributed by atoms with van der Waals surface area (Å²) in [5.74, 6) is 1.11. The number of hydrogen-bond acceptors (Lipinski definition) is 4. The lowest BCUT2D eigenvalue weighted by Gasteiger charge is -2.04. The minimum absolute atomic E-state index is 0.223. The van der Waals surface area contributed by atoms with Gasteiger partial charge in [-0.2, -0.15) is 0 Å². The zero-order valence-electron chi connectivity index (χ0n) is 6.46. The Labute approximate surface area is 70.6 Å². The average molecular weight is 181 g/mol. The number of hydrogen-bond donors (Lipinski definition) is 2. The minimum Gasteiger partial charge on any atom is -0.392 e. The van der Waals surface area contributed by atoms with Crippen LogP contribution >= 0.6 is 21.6 Å². The molecule has 0 aliphatic rings. The van der Waals surface area contributed by atoms with Crippen molar-refractivity contribution in [3.8, 4) is 0 Å². The highest BCUT2D eigenvalue weighted by Gasteiger charge is 1.92. The van der Waals surface area contributed by atoms with Gasteiger partial charge in [-0.1, -0.05) is 21.6 Å². The van der Waals surface area contributed by atoms with Gasteiger partial charge < -0.3 is 10.4 Å². The maximum absolute atomic E-state index is 8.83. The first-order chi connectivity index (χ1) is 4.77. The Morgan fingerprint density at radius 3 is 2.80 bits per heavy atom. The van der Waals surface area contributed by atoms with Crippen molar-refractivity contribution >= 4 is 21.6 Å². The van der Waals surface area contributed by atoms with Crippen LogP contribution in [0.1, 0.15) is 6.92 Å². The number of aliphatic hydroxyl groups is 1. The van der Waals surface area contributed by atoms with Crippen LogP contribution in [0.15, 0.2) is 0 Å². The Morgan fingerprint density at radius 2 is 2.30 bits per heavy atom. The van der Waals surface area contributed by atoms with Crippen LogP contribution in [0.25, 0.3) is 0 Å². The van der Waals surface area contributed by atoms with E-state index in [0.29, 0.717) is 6.54 Å². The zero-order valence-corrected chi connectivity index (χ0v) is 8.10. The summed E-state index contributed by atoms with van der Waals surface area (Å²) in [5, 5.41) is 12.0. The van der Waals surface area contributed by atoms with Gasteiger partial charge in [-0.25, -0.2) is 0 Å². The lowest BCUT2D eigenvalue weighted by Crippen LogP contribution is -2.26. The molecule has 0 aromatic carbocycles. The topological polar surface area (TPSA) is 32.3 Å². The molecule has 0 radical (unpaired) electrons. The lowest BCUT2D eigenvalue weighted by molar-refractivity contribution is 0.192. The van der Waals surface area contributed by atoms with Gasteiger partial charge in [-0.05, 0) is 13.2 Å². The summed E-state index contributed by atoms with van der Waals surface area (Å²) in [6.45, 7) is 3.47. The van der Waals surface area contributed by atoms with E-state index in [1.54, 1.807) is 17.7 Å². The van der Waals surface area contributed by atoms with Crippen LogP contribution in [-0.2, 0) is 0 Å². The number of rotatable bonds is 6. The molecule has 0 spiro atoms. The molecule has 4 heteroatoms. The highest BCUT2D eigenvalue weighted by molar-refractivity contribution is 8.76. The lowest BCUT2D eigenvalue weighted by atomic mass is 10.4. The first-order valence-electron chi connectivity index (χ1n) is 3.31. The molecule has 10 heavy (non-hydrogen) atoms. The van der Waals surface area contributed by atoms with Crippen LogP contribution in [0.4, 0.5) is 0 Å².